The van der Waals surface area contributed by atoms with Crippen LogP contribution in [-0.2, 0) is 0 Å². The average Bonchev–Trinajstić information content (AvgIpc) is 2.60. The molecule has 1 aromatic heterocycles. The van der Waals surface area contributed by atoms with Crippen molar-refractivity contribution in [2.24, 2.45) is 5.73 Å². The number of nitrogens with two attached hydrogens (primary N) is 1. The second-order valence-electron chi connectivity index (χ2n) is 3.64. The highest BCUT2D eigenvalue weighted by atomic mass is 79.9. The Bertz CT molecular complexity index is 467. The molecule has 2 N–H and O–H groups in total. The average molecular weight is 285 g/mol. The molecule has 2 nitrogen and oxygen atoms in total. The molecule has 2 rings (SSSR count). The van der Waals surface area contributed by atoms with Gasteiger partial charge in [0.2, 0.25) is 0 Å². The fourth-order valence-corrected chi connectivity index (χ4v) is 2.89. The van der Waals surface area contributed by atoms with E-state index in [9.17, 15) is 0 Å². The molecule has 0 saturated heterocycles. The minimum absolute atomic E-state index is 0.464. The molecule has 0 saturated carbocycles. The van der Waals surface area contributed by atoms with Gasteiger partial charge in [-0.2, -0.15) is 0 Å². The maximum Gasteiger partial charge on any atom is 0.0967 e. The van der Waals surface area contributed by atoms with Crippen LogP contribution in [0.1, 0.15) is 24.3 Å². The van der Waals surface area contributed by atoms with Crippen molar-refractivity contribution in [1.82, 2.24) is 4.98 Å². The van der Waals surface area contributed by atoms with E-state index in [4.69, 9.17) is 5.73 Å². The Morgan fingerprint density at radius 2 is 2.33 bits per heavy atom. The zero-order chi connectivity index (χ0) is 10.8. The first-order chi connectivity index (χ1) is 7.20. The third-order valence-corrected chi connectivity index (χ3v) is 4.15. The first-order valence-corrected chi connectivity index (χ1v) is 6.57. The maximum absolute atomic E-state index is 5.55. The van der Waals surface area contributed by atoms with Crippen LogP contribution in [0.4, 0.5) is 0 Å². The first kappa shape index (κ1) is 11.0. The SMILES string of the molecule is CC(CCN)c1nc2cc(Br)ccc2s1. The summed E-state index contributed by atoms with van der Waals surface area (Å²) in [6, 6.07) is 6.22. The lowest BCUT2D eigenvalue weighted by Gasteiger charge is -2.03. The summed E-state index contributed by atoms with van der Waals surface area (Å²) >= 11 is 5.22. The lowest BCUT2D eigenvalue weighted by molar-refractivity contribution is 0.687. The van der Waals surface area contributed by atoms with Crippen LogP contribution in [0.15, 0.2) is 22.7 Å². The monoisotopic (exact) mass is 284 g/mol. The number of thiazole rings is 1. The van der Waals surface area contributed by atoms with Gasteiger partial charge >= 0.3 is 0 Å². The number of rotatable bonds is 3. The lowest BCUT2D eigenvalue weighted by Crippen LogP contribution is -2.03. The summed E-state index contributed by atoms with van der Waals surface area (Å²) in [6.07, 6.45) is 1.00. The van der Waals surface area contributed by atoms with Gasteiger partial charge in [0.25, 0.3) is 0 Å². The zero-order valence-corrected chi connectivity index (χ0v) is 10.9. The number of hydrogen-bond acceptors (Lipinski definition) is 3. The molecule has 4 heteroatoms. The van der Waals surface area contributed by atoms with Gasteiger partial charge in [0.05, 0.1) is 15.2 Å². The van der Waals surface area contributed by atoms with Crippen molar-refractivity contribution in [3.05, 3.63) is 27.7 Å². The van der Waals surface area contributed by atoms with E-state index in [1.807, 2.05) is 0 Å². The van der Waals surface area contributed by atoms with Crippen molar-refractivity contribution >= 4 is 37.5 Å². The van der Waals surface area contributed by atoms with Gasteiger partial charge in [-0.05, 0) is 31.2 Å². The second kappa shape index (κ2) is 4.60. The van der Waals surface area contributed by atoms with Crippen molar-refractivity contribution in [2.45, 2.75) is 19.3 Å². The molecule has 1 aromatic carbocycles. The summed E-state index contributed by atoms with van der Waals surface area (Å²) in [5, 5.41) is 1.19. The van der Waals surface area contributed by atoms with Gasteiger partial charge in [0.15, 0.2) is 0 Å². The van der Waals surface area contributed by atoms with Crippen molar-refractivity contribution in [3.63, 3.8) is 0 Å². The topological polar surface area (TPSA) is 38.9 Å². The van der Waals surface area contributed by atoms with Crippen LogP contribution in [-0.4, -0.2) is 11.5 Å². The number of fused-ring (bicyclic) bond motifs is 1. The van der Waals surface area contributed by atoms with E-state index in [0.717, 1.165) is 23.0 Å². The largest absolute Gasteiger partial charge is 0.330 e. The van der Waals surface area contributed by atoms with Gasteiger partial charge in [-0.1, -0.05) is 22.9 Å². The Hall–Kier alpha value is -0.450. The Morgan fingerprint density at radius 1 is 1.53 bits per heavy atom. The van der Waals surface area contributed by atoms with E-state index in [-0.39, 0.29) is 0 Å². The van der Waals surface area contributed by atoms with Gasteiger partial charge < -0.3 is 5.73 Å². The summed E-state index contributed by atoms with van der Waals surface area (Å²) in [6.45, 7) is 2.90. The molecule has 0 radical (unpaired) electrons. The highest BCUT2D eigenvalue weighted by Crippen LogP contribution is 2.30. The molecule has 80 valence electrons. The predicted octanol–water partition coefficient (Wildman–Crippen LogP) is 3.51. The van der Waals surface area contributed by atoms with Crippen molar-refractivity contribution in [1.29, 1.82) is 0 Å². The molecule has 15 heavy (non-hydrogen) atoms. The van der Waals surface area contributed by atoms with Gasteiger partial charge in [0.1, 0.15) is 0 Å². The zero-order valence-electron chi connectivity index (χ0n) is 8.53. The van der Waals surface area contributed by atoms with Crippen molar-refractivity contribution in [3.8, 4) is 0 Å². The van der Waals surface area contributed by atoms with Crippen molar-refractivity contribution in [2.75, 3.05) is 6.54 Å². The van der Waals surface area contributed by atoms with E-state index >= 15 is 0 Å². The molecule has 0 spiro atoms. The number of aromatic nitrogens is 1. The van der Waals surface area contributed by atoms with Gasteiger partial charge in [0, 0.05) is 10.4 Å². The highest BCUT2D eigenvalue weighted by molar-refractivity contribution is 9.10. The quantitative estimate of drug-likeness (QED) is 0.937. The summed E-state index contributed by atoms with van der Waals surface area (Å²) < 4.78 is 2.33. The Kier molecular flexibility index (Phi) is 3.38. The van der Waals surface area contributed by atoms with E-state index in [1.165, 1.54) is 9.71 Å². The fourth-order valence-electron chi connectivity index (χ4n) is 1.50. The highest BCUT2D eigenvalue weighted by Gasteiger charge is 2.10. The number of benzene rings is 1. The number of hydrogen-bond donors (Lipinski definition) is 1. The third-order valence-electron chi connectivity index (χ3n) is 2.39. The first-order valence-electron chi connectivity index (χ1n) is 4.96. The van der Waals surface area contributed by atoms with E-state index < -0.39 is 0 Å². The van der Waals surface area contributed by atoms with E-state index in [1.54, 1.807) is 11.3 Å². The molecular formula is C11H13BrN2S. The van der Waals surface area contributed by atoms with Crippen LogP contribution < -0.4 is 5.73 Å². The summed E-state index contributed by atoms with van der Waals surface area (Å²) in [7, 11) is 0. The molecule has 0 aliphatic rings. The number of nitrogens with zero attached hydrogens (tertiary/aromatic N) is 1. The van der Waals surface area contributed by atoms with Crippen LogP contribution in [0.25, 0.3) is 10.2 Å². The molecule has 0 fully saturated rings. The second-order valence-corrected chi connectivity index (χ2v) is 5.62. The molecule has 0 amide bonds. The maximum atomic E-state index is 5.55. The minimum Gasteiger partial charge on any atom is -0.330 e. The predicted molar refractivity (Wildman–Crippen MR) is 69.4 cm³/mol. The molecule has 1 heterocycles. The summed E-state index contributed by atoms with van der Waals surface area (Å²) in [4.78, 5) is 4.63. The van der Waals surface area contributed by atoms with Crippen LogP contribution in [0.2, 0.25) is 0 Å². The van der Waals surface area contributed by atoms with Gasteiger partial charge in [-0.25, -0.2) is 4.98 Å². The molecular weight excluding hydrogens is 272 g/mol. The molecule has 0 aliphatic heterocycles. The molecule has 0 bridgehead atoms. The van der Waals surface area contributed by atoms with Crippen LogP contribution >= 0.6 is 27.3 Å². The van der Waals surface area contributed by atoms with Crippen LogP contribution in [0.5, 0.6) is 0 Å². The molecule has 2 aromatic rings. The summed E-state index contributed by atoms with van der Waals surface area (Å²) in [5.74, 6) is 0.464. The normalized spacial score (nSPS) is 13.3. The van der Waals surface area contributed by atoms with Gasteiger partial charge in [-0.15, -0.1) is 11.3 Å². The van der Waals surface area contributed by atoms with Crippen LogP contribution in [0, 0.1) is 0 Å². The minimum atomic E-state index is 0.464. The third kappa shape index (κ3) is 2.38. The molecule has 1 unspecified atom stereocenters. The lowest BCUT2D eigenvalue weighted by atomic mass is 10.1. The van der Waals surface area contributed by atoms with Gasteiger partial charge in [-0.3, -0.25) is 0 Å². The van der Waals surface area contributed by atoms with Crippen molar-refractivity contribution < 1.29 is 0 Å². The fraction of sp³-hybridized carbons (Fsp3) is 0.364. The molecule has 0 aliphatic carbocycles. The Morgan fingerprint density at radius 3 is 3.07 bits per heavy atom. The smallest absolute Gasteiger partial charge is 0.0967 e. The standard InChI is InChI=1S/C11H13BrN2S/c1-7(4-5-13)11-14-9-6-8(12)2-3-10(9)15-11/h2-3,6-7H,4-5,13H2,1H3. The Balaban J connectivity index is 2.38. The Labute approximate surface area is 102 Å². The van der Waals surface area contributed by atoms with Crippen LogP contribution in [0.3, 0.4) is 0 Å². The van der Waals surface area contributed by atoms with E-state index in [0.29, 0.717) is 5.92 Å². The van der Waals surface area contributed by atoms with E-state index in [2.05, 4.69) is 46.0 Å². The molecule has 1 atom stereocenters. The number of halogens is 1. The summed E-state index contributed by atoms with van der Waals surface area (Å²) in [5.41, 5.74) is 6.63.